The SMILES string of the molecule is CC(=O)OC[C@H](C)CCC1=C(C)[C@@H]2[C@H](C[C@@H]3[C@@H]4CC[C@H]5C[C@H](OC(=O)c6ccccc6)CC[C@]5(C)[C@@H]4CC[C@@]32C)O1. The summed E-state index contributed by atoms with van der Waals surface area (Å²) in [5, 5.41) is 0. The quantitative estimate of drug-likeness (QED) is 0.314. The van der Waals surface area contributed by atoms with Crippen molar-refractivity contribution < 1.29 is 23.8 Å². The van der Waals surface area contributed by atoms with Gasteiger partial charge in [0.15, 0.2) is 0 Å². The molecule has 0 radical (unpaired) electrons. The van der Waals surface area contributed by atoms with Gasteiger partial charge in [0.05, 0.1) is 17.9 Å². The predicted molar refractivity (Wildman–Crippen MR) is 159 cm³/mol. The van der Waals surface area contributed by atoms with Crippen molar-refractivity contribution in [2.45, 2.75) is 111 Å². The van der Waals surface area contributed by atoms with E-state index in [0.717, 1.165) is 43.4 Å². The lowest BCUT2D eigenvalue weighted by Gasteiger charge is -2.61. The molecule has 5 aliphatic rings. The topological polar surface area (TPSA) is 61.8 Å². The number of benzene rings is 1. The summed E-state index contributed by atoms with van der Waals surface area (Å²) in [4.78, 5) is 23.9. The lowest BCUT2D eigenvalue weighted by molar-refractivity contribution is -0.142. The fraction of sp³-hybridized carbons (Fsp3) is 0.722. The molecule has 6 rings (SSSR count). The number of hydrogen-bond donors (Lipinski definition) is 0. The smallest absolute Gasteiger partial charge is 0.338 e. The van der Waals surface area contributed by atoms with Gasteiger partial charge in [-0.2, -0.15) is 0 Å². The lowest BCUT2D eigenvalue weighted by atomic mass is 9.44. The van der Waals surface area contributed by atoms with E-state index in [4.69, 9.17) is 14.2 Å². The number of carbonyl (C=O) groups is 2. The average molecular weight is 563 g/mol. The van der Waals surface area contributed by atoms with Crippen LogP contribution in [0.2, 0.25) is 0 Å². The molecule has 1 aliphatic heterocycles. The Labute approximate surface area is 246 Å². The Kier molecular flexibility index (Phi) is 7.78. The first-order chi connectivity index (χ1) is 19.6. The van der Waals surface area contributed by atoms with Crippen LogP contribution in [0.1, 0.15) is 109 Å². The van der Waals surface area contributed by atoms with Gasteiger partial charge in [0.1, 0.15) is 12.2 Å². The fourth-order valence-electron chi connectivity index (χ4n) is 10.4. The van der Waals surface area contributed by atoms with Crippen LogP contribution in [-0.2, 0) is 19.0 Å². The fourth-order valence-corrected chi connectivity index (χ4v) is 10.4. The van der Waals surface area contributed by atoms with E-state index in [1.54, 1.807) is 0 Å². The molecule has 4 fully saturated rings. The molecule has 1 aromatic carbocycles. The maximum absolute atomic E-state index is 12.8. The Balaban J connectivity index is 1.10. The third-order valence-corrected chi connectivity index (χ3v) is 12.5. The number of ether oxygens (including phenoxy) is 3. The molecular weight excluding hydrogens is 512 g/mol. The van der Waals surface area contributed by atoms with Crippen LogP contribution in [0, 0.1) is 46.3 Å². The maximum Gasteiger partial charge on any atom is 0.338 e. The highest BCUT2D eigenvalue weighted by Gasteiger charge is 2.64. The molecule has 0 spiro atoms. The third kappa shape index (κ3) is 5.14. The molecule has 41 heavy (non-hydrogen) atoms. The first-order valence-electron chi connectivity index (χ1n) is 16.4. The van der Waals surface area contributed by atoms with E-state index in [0.29, 0.717) is 46.9 Å². The highest BCUT2D eigenvalue weighted by Crippen LogP contribution is 2.69. The summed E-state index contributed by atoms with van der Waals surface area (Å²) in [6.45, 7) is 11.6. The number of hydrogen-bond acceptors (Lipinski definition) is 5. The van der Waals surface area contributed by atoms with Gasteiger partial charge in [-0.3, -0.25) is 4.79 Å². The van der Waals surface area contributed by atoms with Gasteiger partial charge >= 0.3 is 11.9 Å². The van der Waals surface area contributed by atoms with Gasteiger partial charge in [0.25, 0.3) is 0 Å². The molecule has 0 saturated heterocycles. The monoisotopic (exact) mass is 562 g/mol. The van der Waals surface area contributed by atoms with E-state index in [-0.39, 0.29) is 18.0 Å². The van der Waals surface area contributed by atoms with Crippen molar-refractivity contribution in [3.05, 3.63) is 47.2 Å². The second-order valence-electron chi connectivity index (χ2n) is 14.8. The largest absolute Gasteiger partial charge is 0.494 e. The van der Waals surface area contributed by atoms with Crippen molar-refractivity contribution in [2.24, 2.45) is 46.3 Å². The Bertz CT molecular complexity index is 1170. The summed E-state index contributed by atoms with van der Waals surface area (Å²) in [5.74, 6) is 4.69. The summed E-state index contributed by atoms with van der Waals surface area (Å²) < 4.78 is 18.0. The Morgan fingerprint density at radius 2 is 1.76 bits per heavy atom. The van der Waals surface area contributed by atoms with Crippen molar-refractivity contribution in [3.63, 3.8) is 0 Å². The second kappa shape index (κ2) is 11.1. The molecular formula is C36H50O5. The van der Waals surface area contributed by atoms with E-state index in [1.807, 2.05) is 30.3 Å². The molecule has 10 atom stereocenters. The second-order valence-corrected chi connectivity index (χ2v) is 14.8. The van der Waals surface area contributed by atoms with E-state index in [1.165, 1.54) is 56.8 Å². The van der Waals surface area contributed by atoms with Gasteiger partial charge in [-0.1, -0.05) is 39.0 Å². The molecule has 1 heterocycles. The zero-order chi connectivity index (χ0) is 28.9. The molecule has 0 unspecified atom stereocenters. The number of fused-ring (bicyclic) bond motifs is 7. The minimum absolute atomic E-state index is 0.0494. The van der Waals surface area contributed by atoms with Crippen molar-refractivity contribution >= 4 is 11.9 Å². The van der Waals surface area contributed by atoms with Crippen LogP contribution in [0.15, 0.2) is 41.7 Å². The Morgan fingerprint density at radius 3 is 2.51 bits per heavy atom. The third-order valence-electron chi connectivity index (χ3n) is 12.5. The van der Waals surface area contributed by atoms with Crippen LogP contribution >= 0.6 is 0 Å². The molecule has 224 valence electrons. The number of rotatable bonds is 7. The van der Waals surface area contributed by atoms with Gasteiger partial charge < -0.3 is 14.2 Å². The number of allylic oxidation sites excluding steroid dienone is 1. The molecule has 0 N–H and O–H groups in total. The van der Waals surface area contributed by atoms with Gasteiger partial charge in [0.2, 0.25) is 0 Å². The van der Waals surface area contributed by atoms with E-state index >= 15 is 0 Å². The van der Waals surface area contributed by atoms with Crippen molar-refractivity contribution in [1.82, 2.24) is 0 Å². The first-order valence-corrected chi connectivity index (χ1v) is 16.4. The van der Waals surface area contributed by atoms with E-state index < -0.39 is 0 Å². The molecule has 1 aromatic rings. The van der Waals surface area contributed by atoms with Crippen LogP contribution in [0.3, 0.4) is 0 Å². The van der Waals surface area contributed by atoms with Gasteiger partial charge in [-0.05, 0) is 123 Å². The molecule has 4 saturated carbocycles. The molecule has 5 heteroatoms. The van der Waals surface area contributed by atoms with Gasteiger partial charge in [0, 0.05) is 19.3 Å². The van der Waals surface area contributed by atoms with Crippen LogP contribution < -0.4 is 0 Å². The summed E-state index contributed by atoms with van der Waals surface area (Å²) in [7, 11) is 0. The van der Waals surface area contributed by atoms with Crippen LogP contribution in [0.5, 0.6) is 0 Å². The first kappa shape index (κ1) is 28.8. The molecule has 0 aromatic heterocycles. The van der Waals surface area contributed by atoms with E-state index in [2.05, 4.69) is 27.7 Å². The standard InChI is InChI=1S/C36H50O5/c1-22(21-39-24(3)37)11-14-31-23(2)33-32(41-31)20-30-28-13-12-26-19-27(40-34(38)25-9-7-6-8-10-25)15-17-35(26,4)29(28)16-18-36(30,33)5/h6-10,22,26-30,32-33H,11-21H2,1-5H3/t22-,26+,27-,28-,29-,30-,32+,33-,35+,36+/m1/s1. The highest BCUT2D eigenvalue weighted by molar-refractivity contribution is 5.89. The number of esters is 2. The normalized spacial score (nSPS) is 40.0. The Hall–Kier alpha value is -2.30. The molecule has 5 nitrogen and oxygen atoms in total. The average Bonchev–Trinajstić information content (AvgIpc) is 3.44. The zero-order valence-electron chi connectivity index (χ0n) is 25.8. The highest BCUT2D eigenvalue weighted by atomic mass is 16.5. The summed E-state index contributed by atoms with van der Waals surface area (Å²) >= 11 is 0. The summed E-state index contributed by atoms with van der Waals surface area (Å²) in [6, 6.07) is 9.45. The minimum Gasteiger partial charge on any atom is -0.494 e. The molecule has 0 bridgehead atoms. The van der Waals surface area contributed by atoms with E-state index in [9.17, 15) is 9.59 Å². The van der Waals surface area contributed by atoms with Crippen molar-refractivity contribution in [3.8, 4) is 0 Å². The summed E-state index contributed by atoms with van der Waals surface area (Å²) in [5.41, 5.74) is 2.84. The maximum atomic E-state index is 12.8. The predicted octanol–water partition coefficient (Wildman–Crippen LogP) is 8.13. The summed E-state index contributed by atoms with van der Waals surface area (Å²) in [6.07, 6.45) is 11.9. The zero-order valence-corrected chi connectivity index (χ0v) is 25.8. The van der Waals surface area contributed by atoms with Crippen LogP contribution in [-0.4, -0.2) is 30.8 Å². The van der Waals surface area contributed by atoms with Crippen LogP contribution in [0.4, 0.5) is 0 Å². The molecule has 4 aliphatic carbocycles. The number of carbonyl (C=O) groups excluding carboxylic acids is 2. The van der Waals surface area contributed by atoms with Gasteiger partial charge in [-0.15, -0.1) is 0 Å². The van der Waals surface area contributed by atoms with Crippen LogP contribution in [0.25, 0.3) is 0 Å². The van der Waals surface area contributed by atoms with Crippen molar-refractivity contribution in [2.75, 3.05) is 6.61 Å². The lowest BCUT2D eigenvalue weighted by Crippen LogP contribution is -2.54. The molecule has 0 amide bonds. The van der Waals surface area contributed by atoms with Crippen molar-refractivity contribution in [1.29, 1.82) is 0 Å². The minimum atomic E-state index is -0.198. The van der Waals surface area contributed by atoms with Gasteiger partial charge in [-0.25, -0.2) is 4.79 Å². The Morgan fingerprint density at radius 1 is 1.00 bits per heavy atom.